The monoisotopic (exact) mass is 404 g/mol. The molecule has 0 radical (unpaired) electrons. The lowest BCUT2D eigenvalue weighted by atomic mass is 10.2. The van der Waals surface area contributed by atoms with Crippen LogP contribution in [0.1, 0.15) is 24.5 Å². The van der Waals surface area contributed by atoms with Crippen molar-refractivity contribution >= 4 is 43.5 Å². The maximum atomic E-state index is 13.4. The summed E-state index contributed by atoms with van der Waals surface area (Å²) in [5, 5.41) is 0.364. The minimum absolute atomic E-state index is 0.325. The first-order valence-corrected chi connectivity index (χ1v) is 7.71. The summed E-state index contributed by atoms with van der Waals surface area (Å²) in [5.41, 5.74) is 1.52. The summed E-state index contributed by atoms with van der Waals surface area (Å²) in [6.45, 7) is 0. The molecule has 98 valence electrons. The lowest BCUT2D eigenvalue weighted by Gasteiger charge is -2.09. The second kappa shape index (κ2) is 5.11. The number of benzene rings is 1. The van der Waals surface area contributed by atoms with Gasteiger partial charge in [0.15, 0.2) is 5.82 Å². The molecule has 0 amide bonds. The van der Waals surface area contributed by atoms with Crippen LogP contribution in [0.25, 0.3) is 11.4 Å². The van der Waals surface area contributed by atoms with Crippen LogP contribution in [0.4, 0.5) is 4.39 Å². The number of hydrogen-bond acceptors (Lipinski definition) is 2. The Kier molecular flexibility index (Phi) is 3.62. The van der Waals surface area contributed by atoms with Crippen LogP contribution >= 0.6 is 43.5 Å². The third kappa shape index (κ3) is 2.69. The zero-order chi connectivity index (χ0) is 13.6. The van der Waals surface area contributed by atoms with Gasteiger partial charge < -0.3 is 0 Å². The molecule has 0 saturated heterocycles. The van der Waals surface area contributed by atoms with E-state index in [2.05, 4.69) is 41.8 Å². The van der Waals surface area contributed by atoms with Crippen molar-refractivity contribution in [2.45, 2.75) is 18.8 Å². The Hall–Kier alpha value is -0.520. The van der Waals surface area contributed by atoms with Gasteiger partial charge in [-0.1, -0.05) is 27.5 Å². The third-order valence-corrected chi connectivity index (χ3v) is 4.94. The van der Waals surface area contributed by atoms with Gasteiger partial charge in [0, 0.05) is 16.0 Å². The van der Waals surface area contributed by atoms with Gasteiger partial charge in [0.1, 0.15) is 11.0 Å². The molecule has 2 nitrogen and oxygen atoms in total. The van der Waals surface area contributed by atoms with Crippen LogP contribution in [-0.2, 0) is 0 Å². The summed E-state index contributed by atoms with van der Waals surface area (Å²) >= 11 is 12.9. The van der Waals surface area contributed by atoms with Crippen molar-refractivity contribution in [3.05, 3.63) is 43.8 Å². The number of aromatic nitrogens is 2. The number of nitrogens with zero attached hydrogens (tertiary/aromatic N) is 2. The summed E-state index contributed by atoms with van der Waals surface area (Å²) in [5.74, 6) is 0.552. The van der Waals surface area contributed by atoms with Crippen molar-refractivity contribution in [3.8, 4) is 11.4 Å². The highest BCUT2D eigenvalue weighted by atomic mass is 79.9. The number of halogens is 4. The normalized spacial score (nSPS) is 14.7. The Morgan fingerprint density at radius 1 is 1.21 bits per heavy atom. The fraction of sp³-hybridized carbons (Fsp3) is 0.231. The molecular weight excluding hydrogens is 398 g/mol. The Labute approximate surface area is 131 Å². The van der Waals surface area contributed by atoms with E-state index in [9.17, 15) is 4.39 Å². The lowest BCUT2D eigenvalue weighted by molar-refractivity contribution is 0.628. The SMILES string of the molecule is Fc1ccc(Br)c(-c2nc(Cl)c(Br)c(C3CC3)n2)c1. The Bertz CT molecular complexity index is 659. The van der Waals surface area contributed by atoms with Crippen molar-refractivity contribution in [2.24, 2.45) is 0 Å². The van der Waals surface area contributed by atoms with Gasteiger partial charge in [-0.2, -0.15) is 0 Å². The molecule has 0 atom stereocenters. The van der Waals surface area contributed by atoms with Crippen molar-refractivity contribution in [1.82, 2.24) is 9.97 Å². The Morgan fingerprint density at radius 2 is 1.95 bits per heavy atom. The molecule has 19 heavy (non-hydrogen) atoms. The Morgan fingerprint density at radius 3 is 2.63 bits per heavy atom. The molecule has 3 rings (SSSR count). The van der Waals surface area contributed by atoms with Crippen molar-refractivity contribution in [1.29, 1.82) is 0 Å². The molecule has 0 N–H and O–H groups in total. The minimum Gasteiger partial charge on any atom is -0.231 e. The molecule has 1 aliphatic rings. The largest absolute Gasteiger partial charge is 0.231 e. The molecule has 1 aliphatic carbocycles. The minimum atomic E-state index is -0.325. The van der Waals surface area contributed by atoms with Gasteiger partial charge in [-0.3, -0.25) is 0 Å². The molecule has 1 aromatic heterocycles. The van der Waals surface area contributed by atoms with E-state index < -0.39 is 0 Å². The van der Waals surface area contributed by atoms with Crippen LogP contribution in [-0.4, -0.2) is 9.97 Å². The molecule has 1 fully saturated rings. The van der Waals surface area contributed by atoms with Gasteiger partial charge in [-0.25, -0.2) is 14.4 Å². The number of rotatable bonds is 2. The van der Waals surface area contributed by atoms with Crippen LogP contribution in [0.2, 0.25) is 5.15 Å². The molecule has 0 aliphatic heterocycles. The zero-order valence-electron chi connectivity index (χ0n) is 9.63. The van der Waals surface area contributed by atoms with E-state index in [4.69, 9.17) is 11.6 Å². The van der Waals surface area contributed by atoms with Crippen LogP contribution in [0.3, 0.4) is 0 Å². The second-order valence-corrected chi connectivity index (χ2v) is 6.44. The third-order valence-electron chi connectivity index (χ3n) is 2.97. The highest BCUT2D eigenvalue weighted by Gasteiger charge is 2.29. The molecule has 1 heterocycles. The molecule has 2 aromatic rings. The van der Waals surface area contributed by atoms with Gasteiger partial charge in [0.05, 0.1) is 10.2 Å². The van der Waals surface area contributed by atoms with E-state index in [1.807, 2.05) is 0 Å². The molecule has 1 aromatic carbocycles. The molecule has 0 spiro atoms. The second-order valence-electron chi connectivity index (χ2n) is 4.44. The van der Waals surface area contributed by atoms with E-state index >= 15 is 0 Å². The molecule has 0 unspecified atom stereocenters. The first kappa shape index (κ1) is 13.5. The molecule has 6 heteroatoms. The van der Waals surface area contributed by atoms with Gasteiger partial charge in [0.25, 0.3) is 0 Å². The summed E-state index contributed by atoms with van der Waals surface area (Å²) < 4.78 is 14.9. The van der Waals surface area contributed by atoms with Crippen LogP contribution in [0, 0.1) is 5.82 Å². The first-order chi connectivity index (χ1) is 9.06. The summed E-state index contributed by atoms with van der Waals surface area (Å²) in [6, 6.07) is 4.43. The fourth-order valence-electron chi connectivity index (χ4n) is 1.85. The van der Waals surface area contributed by atoms with E-state index in [0.717, 1.165) is 27.5 Å². The van der Waals surface area contributed by atoms with Crippen LogP contribution in [0.5, 0.6) is 0 Å². The summed E-state index contributed by atoms with van der Waals surface area (Å²) in [4.78, 5) is 8.75. The molecule has 0 bridgehead atoms. The predicted molar refractivity (Wildman–Crippen MR) is 79.8 cm³/mol. The lowest BCUT2D eigenvalue weighted by Crippen LogP contribution is -1.98. The van der Waals surface area contributed by atoms with Gasteiger partial charge >= 0.3 is 0 Å². The highest BCUT2D eigenvalue weighted by Crippen LogP contribution is 2.44. The quantitative estimate of drug-likeness (QED) is 0.630. The van der Waals surface area contributed by atoms with E-state index in [1.165, 1.54) is 12.1 Å². The standard InChI is InChI=1S/C13H8Br2ClFN2/c14-9-4-3-7(17)5-8(9)13-18-11(6-1-2-6)10(15)12(16)19-13/h3-6H,1-2H2. The van der Waals surface area contributed by atoms with E-state index in [1.54, 1.807) is 6.07 Å². The maximum absolute atomic E-state index is 13.4. The average molecular weight is 406 g/mol. The van der Waals surface area contributed by atoms with Crippen molar-refractivity contribution < 1.29 is 4.39 Å². The van der Waals surface area contributed by atoms with Gasteiger partial charge in [0.2, 0.25) is 0 Å². The highest BCUT2D eigenvalue weighted by molar-refractivity contribution is 9.11. The summed E-state index contributed by atoms with van der Waals surface area (Å²) in [7, 11) is 0. The zero-order valence-corrected chi connectivity index (χ0v) is 13.6. The Balaban J connectivity index is 2.17. The first-order valence-electron chi connectivity index (χ1n) is 5.74. The average Bonchev–Trinajstić information content (AvgIpc) is 3.20. The topological polar surface area (TPSA) is 25.8 Å². The van der Waals surface area contributed by atoms with Crippen LogP contribution in [0.15, 0.2) is 27.1 Å². The van der Waals surface area contributed by atoms with Crippen molar-refractivity contribution in [2.75, 3.05) is 0 Å². The summed E-state index contributed by atoms with van der Waals surface area (Å²) in [6.07, 6.45) is 2.21. The van der Waals surface area contributed by atoms with E-state index in [0.29, 0.717) is 22.5 Å². The van der Waals surface area contributed by atoms with Crippen LogP contribution < -0.4 is 0 Å². The fourth-order valence-corrected chi connectivity index (χ4v) is 2.95. The number of hydrogen-bond donors (Lipinski definition) is 0. The molecule has 1 saturated carbocycles. The van der Waals surface area contributed by atoms with Gasteiger partial charge in [-0.15, -0.1) is 0 Å². The predicted octanol–water partition coefficient (Wildman–Crippen LogP) is 5.34. The van der Waals surface area contributed by atoms with E-state index in [-0.39, 0.29) is 5.82 Å². The van der Waals surface area contributed by atoms with Crippen molar-refractivity contribution in [3.63, 3.8) is 0 Å². The molecular formula is C13H8Br2ClFN2. The smallest absolute Gasteiger partial charge is 0.162 e. The maximum Gasteiger partial charge on any atom is 0.162 e. The van der Waals surface area contributed by atoms with Gasteiger partial charge in [-0.05, 0) is 47.0 Å².